The Morgan fingerprint density at radius 2 is 1.92 bits per heavy atom. The van der Waals surface area contributed by atoms with E-state index in [2.05, 4.69) is 17.1 Å². The summed E-state index contributed by atoms with van der Waals surface area (Å²) in [4.78, 5) is 17.8. The van der Waals surface area contributed by atoms with E-state index >= 15 is 0 Å². The molecule has 1 fully saturated rings. The van der Waals surface area contributed by atoms with Crippen molar-refractivity contribution in [2.45, 2.75) is 23.6 Å². The molecule has 0 bridgehead atoms. The van der Waals surface area contributed by atoms with E-state index in [4.69, 9.17) is 0 Å². The first-order chi connectivity index (χ1) is 11.5. The highest BCUT2D eigenvalue weighted by Crippen LogP contribution is 2.22. The highest BCUT2D eigenvalue weighted by atomic mass is 32.2. The number of thiazole rings is 1. The van der Waals surface area contributed by atoms with Crippen LogP contribution < -0.4 is 0 Å². The summed E-state index contributed by atoms with van der Waals surface area (Å²) in [5, 5.41) is 1.60. The van der Waals surface area contributed by atoms with Gasteiger partial charge in [0.25, 0.3) is 0 Å². The predicted molar refractivity (Wildman–Crippen MR) is 93.6 cm³/mol. The largest absolute Gasteiger partial charge is 0.342 e. The molecule has 128 valence electrons. The Morgan fingerprint density at radius 3 is 2.54 bits per heavy atom. The van der Waals surface area contributed by atoms with Crippen molar-refractivity contribution in [3.8, 4) is 0 Å². The van der Waals surface area contributed by atoms with E-state index in [1.165, 1.54) is 11.8 Å². The third-order valence-corrected chi connectivity index (χ3v) is 7.20. The zero-order valence-electron chi connectivity index (χ0n) is 13.3. The monoisotopic (exact) mass is 364 g/mol. The minimum Gasteiger partial charge on any atom is -0.342 e. The second-order valence-corrected chi connectivity index (χ2v) is 9.13. The average molecular weight is 364 g/mol. The number of rotatable bonds is 5. The fourth-order valence-electron chi connectivity index (χ4n) is 3.01. The molecule has 0 spiro atoms. The van der Waals surface area contributed by atoms with Crippen molar-refractivity contribution in [1.82, 2.24) is 9.88 Å². The van der Waals surface area contributed by atoms with E-state index in [1.54, 1.807) is 10.3 Å². The molecule has 1 aromatic heterocycles. The molecule has 0 radical (unpaired) electrons. The molecule has 0 N–H and O–H groups in total. The zero-order chi connectivity index (χ0) is 17.0. The lowest BCUT2D eigenvalue weighted by molar-refractivity contribution is -0.129. The Morgan fingerprint density at radius 1 is 1.21 bits per heavy atom. The average Bonchev–Trinajstić information content (AvgIpc) is 3.11. The lowest BCUT2D eigenvalue weighted by Crippen LogP contribution is -2.41. The van der Waals surface area contributed by atoms with Crippen LogP contribution in [-0.2, 0) is 21.1 Å². The minimum absolute atomic E-state index is 0.0230. The Bertz CT molecular complexity index is 765. The highest BCUT2D eigenvalue weighted by Gasteiger charge is 2.28. The van der Waals surface area contributed by atoms with Gasteiger partial charge < -0.3 is 4.90 Å². The number of amides is 1. The topological polar surface area (TPSA) is 67.3 Å². The summed E-state index contributed by atoms with van der Waals surface area (Å²) in [7, 11) is -3.61. The van der Waals surface area contributed by atoms with Crippen molar-refractivity contribution < 1.29 is 13.2 Å². The Kier molecular flexibility index (Phi) is 5.30. The molecule has 1 aliphatic rings. The lowest BCUT2D eigenvalue weighted by atomic mass is 9.90. The van der Waals surface area contributed by atoms with Crippen LogP contribution in [0.5, 0.6) is 0 Å². The molecule has 1 aromatic carbocycles. The van der Waals surface area contributed by atoms with Gasteiger partial charge >= 0.3 is 0 Å². The van der Waals surface area contributed by atoms with Crippen molar-refractivity contribution in [2.24, 2.45) is 5.92 Å². The van der Waals surface area contributed by atoms with E-state index in [0.29, 0.717) is 19.0 Å². The van der Waals surface area contributed by atoms with Gasteiger partial charge in [0.1, 0.15) is 5.75 Å². The molecule has 2 heterocycles. The van der Waals surface area contributed by atoms with Crippen molar-refractivity contribution in [3.05, 3.63) is 47.5 Å². The number of hydrogen-bond donors (Lipinski definition) is 0. The second kappa shape index (κ2) is 7.44. The number of nitrogens with zero attached hydrogens (tertiary/aromatic N) is 2. The molecule has 0 unspecified atom stereocenters. The summed E-state index contributed by atoms with van der Waals surface area (Å²) < 4.78 is 24.3. The molecule has 0 saturated carbocycles. The number of likely N-dealkylation sites (tertiary alicyclic amines) is 1. The Labute approximate surface area is 146 Å². The predicted octanol–water partition coefficient (Wildman–Crippen LogP) is 2.40. The Hall–Kier alpha value is -1.73. The summed E-state index contributed by atoms with van der Waals surface area (Å²) in [6, 6.07) is 10.3. The van der Waals surface area contributed by atoms with E-state index in [-0.39, 0.29) is 10.2 Å². The first-order valence-corrected chi connectivity index (χ1v) is 10.5. The molecule has 3 rings (SSSR count). The summed E-state index contributed by atoms with van der Waals surface area (Å²) in [6.45, 7) is 1.26. The maximum atomic E-state index is 12.3. The quantitative estimate of drug-likeness (QED) is 0.817. The fourth-order valence-corrected chi connectivity index (χ4v) is 5.16. The third-order valence-electron chi connectivity index (χ3n) is 4.32. The molecule has 7 heteroatoms. The van der Waals surface area contributed by atoms with Crippen LogP contribution in [0.15, 0.2) is 46.2 Å². The zero-order valence-corrected chi connectivity index (χ0v) is 14.9. The molecule has 1 saturated heterocycles. The van der Waals surface area contributed by atoms with Crippen molar-refractivity contribution >= 4 is 27.1 Å². The number of benzene rings is 1. The van der Waals surface area contributed by atoms with Gasteiger partial charge in [0, 0.05) is 24.7 Å². The molecule has 5 nitrogen and oxygen atoms in total. The molecule has 24 heavy (non-hydrogen) atoms. The molecule has 1 aliphatic heterocycles. The van der Waals surface area contributed by atoms with Gasteiger partial charge in [0.2, 0.25) is 20.1 Å². The molecule has 0 aliphatic carbocycles. The minimum atomic E-state index is -3.61. The lowest BCUT2D eigenvalue weighted by Gasteiger charge is -2.32. The van der Waals surface area contributed by atoms with Gasteiger partial charge in [0.05, 0.1) is 0 Å². The van der Waals surface area contributed by atoms with E-state index in [9.17, 15) is 13.2 Å². The standard InChI is InChI=1S/C17H20N2O3S2/c20-16(13-24(21,22)17-18-8-11-23-17)19-9-6-15(7-10-19)12-14-4-2-1-3-5-14/h1-5,8,11,15H,6-7,9-10,12-13H2. The number of hydrogen-bond acceptors (Lipinski definition) is 5. The fraction of sp³-hybridized carbons (Fsp3) is 0.412. The molecule has 1 amide bonds. The van der Waals surface area contributed by atoms with Gasteiger partial charge in [-0.2, -0.15) is 0 Å². The summed E-state index contributed by atoms with van der Waals surface area (Å²) in [6.07, 6.45) is 4.28. The van der Waals surface area contributed by atoms with Gasteiger partial charge in [-0.15, -0.1) is 11.3 Å². The second-order valence-electron chi connectivity index (χ2n) is 6.07. The molecule has 0 atom stereocenters. The van der Waals surface area contributed by atoms with Crippen LogP contribution in [0.3, 0.4) is 0 Å². The van der Waals surface area contributed by atoms with Crippen LogP contribution in [0, 0.1) is 5.92 Å². The normalized spacial score (nSPS) is 16.2. The molecular formula is C17H20N2O3S2. The van der Waals surface area contributed by atoms with Gasteiger partial charge in [-0.1, -0.05) is 30.3 Å². The highest BCUT2D eigenvalue weighted by molar-refractivity contribution is 7.93. The number of sulfone groups is 1. The maximum absolute atomic E-state index is 12.3. The summed E-state index contributed by atoms with van der Waals surface area (Å²) >= 11 is 1.05. The van der Waals surface area contributed by atoms with Gasteiger partial charge in [0.15, 0.2) is 0 Å². The summed E-state index contributed by atoms with van der Waals surface area (Å²) in [5.74, 6) is -0.250. The number of carbonyl (C=O) groups is 1. The third kappa shape index (κ3) is 4.21. The molecular weight excluding hydrogens is 344 g/mol. The van der Waals surface area contributed by atoms with Crippen LogP contribution in [0.2, 0.25) is 0 Å². The Balaban J connectivity index is 1.52. The first kappa shape index (κ1) is 17.1. The van der Waals surface area contributed by atoms with Crippen LogP contribution in [0.4, 0.5) is 0 Å². The number of piperidine rings is 1. The smallest absolute Gasteiger partial charge is 0.238 e. The van der Waals surface area contributed by atoms with Crippen LogP contribution in [0.1, 0.15) is 18.4 Å². The van der Waals surface area contributed by atoms with Gasteiger partial charge in [-0.05, 0) is 30.7 Å². The van der Waals surface area contributed by atoms with Crippen LogP contribution in [0.25, 0.3) is 0 Å². The van der Waals surface area contributed by atoms with Crippen molar-refractivity contribution in [3.63, 3.8) is 0 Å². The van der Waals surface area contributed by atoms with Crippen LogP contribution in [-0.4, -0.2) is 43.1 Å². The van der Waals surface area contributed by atoms with E-state index in [1.807, 2.05) is 18.2 Å². The maximum Gasteiger partial charge on any atom is 0.238 e. The van der Waals surface area contributed by atoms with E-state index in [0.717, 1.165) is 30.6 Å². The summed E-state index contributed by atoms with van der Waals surface area (Å²) in [5.41, 5.74) is 1.31. The van der Waals surface area contributed by atoms with Crippen molar-refractivity contribution in [1.29, 1.82) is 0 Å². The molecule has 2 aromatic rings. The first-order valence-electron chi connectivity index (χ1n) is 7.98. The SMILES string of the molecule is O=C(CS(=O)(=O)c1nccs1)N1CCC(Cc2ccccc2)CC1. The van der Waals surface area contributed by atoms with Crippen LogP contribution >= 0.6 is 11.3 Å². The van der Waals surface area contributed by atoms with Crippen molar-refractivity contribution in [2.75, 3.05) is 18.8 Å². The number of aromatic nitrogens is 1. The van der Waals surface area contributed by atoms with Gasteiger partial charge in [-0.3, -0.25) is 4.79 Å². The number of carbonyl (C=O) groups excluding carboxylic acids is 1. The van der Waals surface area contributed by atoms with E-state index < -0.39 is 15.6 Å². The van der Waals surface area contributed by atoms with Gasteiger partial charge in [-0.25, -0.2) is 13.4 Å².